The standard InChI is InChI=1S/C8H20N4.C6H18N4.C2H2O2/c9-1-3-11-5-7-12(4-2-10)8-6-11;7-1-3-9-5-6-10-4-2-8;3-1-2-4/h1-10H2;9-10H,1-8H2;1-2H. The van der Waals surface area contributed by atoms with Crippen LogP contribution in [0.3, 0.4) is 0 Å². The van der Waals surface area contributed by atoms with E-state index in [1.54, 1.807) is 0 Å². The minimum absolute atomic E-state index is 0.194. The monoisotopic (exact) mass is 376 g/mol. The number of carbonyl (C=O) groups excluding carboxylic acids is 2. The van der Waals surface area contributed by atoms with Crippen molar-refractivity contribution in [1.82, 2.24) is 20.4 Å². The number of aldehydes is 2. The van der Waals surface area contributed by atoms with Crippen molar-refractivity contribution in [1.29, 1.82) is 0 Å². The highest BCUT2D eigenvalue weighted by atomic mass is 16.2. The van der Waals surface area contributed by atoms with Crippen molar-refractivity contribution in [2.24, 2.45) is 22.9 Å². The van der Waals surface area contributed by atoms with Crippen LogP contribution in [0.1, 0.15) is 0 Å². The molecule has 1 aliphatic heterocycles. The summed E-state index contributed by atoms with van der Waals surface area (Å²) in [4.78, 5) is 22.4. The Bertz CT molecular complexity index is 261. The number of nitrogens with zero attached hydrogens (tertiary/aromatic N) is 2. The van der Waals surface area contributed by atoms with Crippen molar-refractivity contribution in [3.05, 3.63) is 0 Å². The van der Waals surface area contributed by atoms with Crippen molar-refractivity contribution >= 4 is 12.6 Å². The van der Waals surface area contributed by atoms with Crippen LogP contribution in [0.25, 0.3) is 0 Å². The van der Waals surface area contributed by atoms with Gasteiger partial charge in [-0.2, -0.15) is 0 Å². The molecule has 0 aromatic heterocycles. The van der Waals surface area contributed by atoms with Gasteiger partial charge in [0.1, 0.15) is 0 Å². The maximum absolute atomic E-state index is 8.81. The predicted molar refractivity (Wildman–Crippen MR) is 107 cm³/mol. The van der Waals surface area contributed by atoms with Gasteiger partial charge in [-0.1, -0.05) is 0 Å². The van der Waals surface area contributed by atoms with Gasteiger partial charge in [0, 0.05) is 91.6 Å². The minimum atomic E-state index is 0.194. The molecule has 0 bridgehead atoms. The smallest absolute Gasteiger partial charge is 0.182 e. The summed E-state index contributed by atoms with van der Waals surface area (Å²) >= 11 is 0. The van der Waals surface area contributed by atoms with Crippen molar-refractivity contribution in [2.75, 3.05) is 91.6 Å². The Kier molecular flexibility index (Phi) is 25.2. The normalized spacial score (nSPS) is 14.6. The highest BCUT2D eigenvalue weighted by Crippen LogP contribution is 1.99. The lowest BCUT2D eigenvalue weighted by molar-refractivity contribution is -0.122. The number of nitrogens with one attached hydrogen (secondary N) is 2. The van der Waals surface area contributed by atoms with Crippen LogP contribution >= 0.6 is 0 Å². The molecule has 1 heterocycles. The van der Waals surface area contributed by atoms with Gasteiger partial charge in [-0.3, -0.25) is 19.4 Å². The Labute approximate surface area is 158 Å². The van der Waals surface area contributed by atoms with E-state index in [1.807, 2.05) is 0 Å². The van der Waals surface area contributed by atoms with Crippen molar-refractivity contribution < 1.29 is 9.59 Å². The van der Waals surface area contributed by atoms with E-state index >= 15 is 0 Å². The summed E-state index contributed by atoms with van der Waals surface area (Å²) in [6, 6.07) is 0. The minimum Gasteiger partial charge on any atom is -0.329 e. The van der Waals surface area contributed by atoms with Crippen LogP contribution in [0.4, 0.5) is 0 Å². The van der Waals surface area contributed by atoms with Gasteiger partial charge in [0.15, 0.2) is 12.6 Å². The lowest BCUT2D eigenvalue weighted by Gasteiger charge is -2.34. The average molecular weight is 377 g/mol. The molecule has 0 unspecified atom stereocenters. The largest absolute Gasteiger partial charge is 0.329 e. The number of nitrogens with two attached hydrogens (primary N) is 4. The zero-order chi connectivity index (χ0) is 19.9. The SMILES string of the molecule is NCCN1CCN(CCN)CC1.NCCNCCNCCN.O=CC=O. The number of piperazine rings is 1. The van der Waals surface area contributed by atoms with Gasteiger partial charge in [-0.15, -0.1) is 0 Å². The summed E-state index contributed by atoms with van der Waals surface area (Å²) in [7, 11) is 0. The first-order valence-electron chi connectivity index (χ1n) is 9.25. The third-order valence-electron chi connectivity index (χ3n) is 3.53. The molecule has 1 rings (SSSR count). The van der Waals surface area contributed by atoms with E-state index in [9.17, 15) is 0 Å². The van der Waals surface area contributed by atoms with E-state index in [0.29, 0.717) is 13.1 Å². The Balaban J connectivity index is 0. The summed E-state index contributed by atoms with van der Waals surface area (Å²) in [5.74, 6) is 0. The summed E-state index contributed by atoms with van der Waals surface area (Å²) in [5.41, 5.74) is 21.5. The first kappa shape index (κ1) is 27.2. The van der Waals surface area contributed by atoms with Gasteiger partial charge in [0.2, 0.25) is 0 Å². The molecule has 10 heteroatoms. The van der Waals surface area contributed by atoms with Crippen LogP contribution in [-0.2, 0) is 9.59 Å². The van der Waals surface area contributed by atoms with Crippen LogP contribution in [0.15, 0.2) is 0 Å². The summed E-state index contributed by atoms with van der Waals surface area (Å²) in [5, 5.41) is 6.33. The van der Waals surface area contributed by atoms with E-state index in [2.05, 4.69) is 20.4 Å². The molecule has 26 heavy (non-hydrogen) atoms. The molecule has 1 fully saturated rings. The fraction of sp³-hybridized carbons (Fsp3) is 0.875. The van der Waals surface area contributed by atoms with Gasteiger partial charge in [0.25, 0.3) is 0 Å². The van der Waals surface area contributed by atoms with Crippen molar-refractivity contribution in [3.8, 4) is 0 Å². The van der Waals surface area contributed by atoms with Gasteiger partial charge in [-0.25, -0.2) is 0 Å². The fourth-order valence-corrected chi connectivity index (χ4v) is 2.23. The zero-order valence-corrected chi connectivity index (χ0v) is 16.1. The third kappa shape index (κ3) is 21.1. The molecule has 1 aliphatic rings. The second-order valence-electron chi connectivity index (χ2n) is 5.61. The molecule has 1 saturated heterocycles. The molecule has 0 aromatic carbocycles. The maximum atomic E-state index is 8.81. The molecule has 0 radical (unpaired) electrons. The molecule has 0 saturated carbocycles. The predicted octanol–water partition coefficient (Wildman–Crippen LogP) is -4.01. The van der Waals surface area contributed by atoms with Crippen molar-refractivity contribution in [2.45, 2.75) is 0 Å². The lowest BCUT2D eigenvalue weighted by Crippen LogP contribution is -2.48. The van der Waals surface area contributed by atoms with Crippen LogP contribution in [0, 0.1) is 0 Å². The van der Waals surface area contributed by atoms with Crippen LogP contribution in [-0.4, -0.2) is 114 Å². The lowest BCUT2D eigenvalue weighted by atomic mass is 10.3. The molecule has 0 spiro atoms. The molecule has 0 atom stereocenters. The summed E-state index contributed by atoms with van der Waals surface area (Å²) < 4.78 is 0. The second kappa shape index (κ2) is 24.0. The van der Waals surface area contributed by atoms with Gasteiger partial charge in [-0.05, 0) is 0 Å². The Morgan fingerprint density at radius 2 is 0.962 bits per heavy atom. The zero-order valence-electron chi connectivity index (χ0n) is 16.1. The second-order valence-corrected chi connectivity index (χ2v) is 5.61. The summed E-state index contributed by atoms with van der Waals surface area (Å²) in [6.45, 7) is 13.4. The molecule has 0 amide bonds. The molecule has 156 valence electrons. The highest BCUT2D eigenvalue weighted by Gasteiger charge is 2.14. The Morgan fingerprint density at radius 3 is 1.19 bits per heavy atom. The molecular formula is C16H40N8O2. The number of rotatable bonds is 12. The first-order chi connectivity index (χ1) is 12.7. The van der Waals surface area contributed by atoms with Crippen LogP contribution < -0.4 is 33.6 Å². The molecule has 10 nitrogen and oxygen atoms in total. The highest BCUT2D eigenvalue weighted by molar-refractivity contribution is 6.09. The van der Waals surface area contributed by atoms with Crippen LogP contribution in [0.2, 0.25) is 0 Å². The summed E-state index contributed by atoms with van der Waals surface area (Å²) in [6.07, 6.45) is 0.389. The van der Waals surface area contributed by atoms with Crippen molar-refractivity contribution in [3.63, 3.8) is 0 Å². The fourth-order valence-electron chi connectivity index (χ4n) is 2.23. The Hall–Kier alpha value is -0.980. The maximum Gasteiger partial charge on any atom is 0.182 e. The molecule has 0 aromatic rings. The average Bonchev–Trinajstić information content (AvgIpc) is 2.67. The molecular weight excluding hydrogens is 336 g/mol. The molecule has 10 N–H and O–H groups in total. The van der Waals surface area contributed by atoms with E-state index in [0.717, 1.165) is 78.5 Å². The van der Waals surface area contributed by atoms with Gasteiger partial charge < -0.3 is 33.6 Å². The quantitative estimate of drug-likeness (QED) is 0.112. The van der Waals surface area contributed by atoms with E-state index < -0.39 is 0 Å². The van der Waals surface area contributed by atoms with Gasteiger partial charge in [0.05, 0.1) is 0 Å². The van der Waals surface area contributed by atoms with E-state index in [4.69, 9.17) is 32.5 Å². The topological polar surface area (TPSA) is 169 Å². The Morgan fingerprint density at radius 1 is 0.615 bits per heavy atom. The van der Waals surface area contributed by atoms with Crippen LogP contribution in [0.5, 0.6) is 0 Å². The third-order valence-corrected chi connectivity index (χ3v) is 3.53. The molecule has 0 aliphatic carbocycles. The van der Waals surface area contributed by atoms with E-state index in [1.165, 1.54) is 0 Å². The van der Waals surface area contributed by atoms with Gasteiger partial charge >= 0.3 is 0 Å². The first-order valence-corrected chi connectivity index (χ1v) is 9.25. The number of hydrogen-bond acceptors (Lipinski definition) is 10. The van der Waals surface area contributed by atoms with E-state index in [-0.39, 0.29) is 12.6 Å². The number of hydrogen-bond donors (Lipinski definition) is 6. The number of carbonyl (C=O) groups is 2.